The van der Waals surface area contributed by atoms with E-state index in [0.29, 0.717) is 16.9 Å². The van der Waals surface area contributed by atoms with Gasteiger partial charge in [0.1, 0.15) is 11.1 Å². The van der Waals surface area contributed by atoms with Crippen LogP contribution >= 0.6 is 23.2 Å². The minimum Gasteiger partial charge on any atom is -0.493 e. The average molecular weight is 410 g/mol. The SMILES string of the molecule is COc1cc(C)c(C=C2C(Cl)=CN=C(Cl)C2C(F)(F)F)c(OC)c1OC. The number of allylic oxidation sites excluding steroid dienone is 2. The van der Waals surface area contributed by atoms with Gasteiger partial charge in [0.2, 0.25) is 5.75 Å². The molecule has 0 fully saturated rings. The average Bonchev–Trinajstić information content (AvgIpc) is 2.57. The van der Waals surface area contributed by atoms with Gasteiger partial charge in [-0.25, -0.2) is 4.99 Å². The van der Waals surface area contributed by atoms with Gasteiger partial charge in [-0.05, 0) is 30.2 Å². The van der Waals surface area contributed by atoms with Gasteiger partial charge in [-0.3, -0.25) is 0 Å². The van der Waals surface area contributed by atoms with E-state index < -0.39 is 17.3 Å². The molecule has 1 aliphatic rings. The minimum absolute atomic E-state index is 0.159. The molecule has 1 aromatic rings. The van der Waals surface area contributed by atoms with E-state index in [9.17, 15) is 13.2 Å². The van der Waals surface area contributed by atoms with Crippen molar-refractivity contribution in [3.63, 3.8) is 0 Å². The van der Waals surface area contributed by atoms with Crippen LogP contribution < -0.4 is 14.2 Å². The number of hydrogen-bond donors (Lipinski definition) is 0. The summed E-state index contributed by atoms with van der Waals surface area (Å²) in [6.45, 7) is 1.70. The first-order valence-electron chi connectivity index (χ1n) is 7.32. The summed E-state index contributed by atoms with van der Waals surface area (Å²) < 4.78 is 56.4. The lowest BCUT2D eigenvalue weighted by molar-refractivity contribution is -0.145. The highest BCUT2D eigenvalue weighted by Gasteiger charge is 2.47. The van der Waals surface area contributed by atoms with Crippen LogP contribution in [0.15, 0.2) is 27.9 Å². The monoisotopic (exact) mass is 409 g/mol. The first kappa shape index (κ1) is 20.5. The number of aliphatic imine (C=N–C) groups is 1. The van der Waals surface area contributed by atoms with E-state index in [1.54, 1.807) is 13.0 Å². The lowest BCUT2D eigenvalue weighted by atomic mass is 9.93. The fourth-order valence-corrected chi connectivity index (χ4v) is 3.14. The second-order valence-corrected chi connectivity index (χ2v) is 6.17. The summed E-state index contributed by atoms with van der Waals surface area (Å²) in [5, 5.41) is -0.766. The van der Waals surface area contributed by atoms with Crippen LogP contribution in [0.2, 0.25) is 0 Å². The van der Waals surface area contributed by atoms with Crippen molar-refractivity contribution in [1.82, 2.24) is 0 Å². The molecule has 2 rings (SSSR count). The lowest BCUT2D eigenvalue weighted by Gasteiger charge is -2.25. The maximum absolute atomic E-state index is 13.5. The molecule has 0 aliphatic carbocycles. The van der Waals surface area contributed by atoms with E-state index in [1.165, 1.54) is 27.4 Å². The highest BCUT2D eigenvalue weighted by Crippen LogP contribution is 2.46. The largest absolute Gasteiger partial charge is 0.493 e. The Bertz CT molecular complexity index is 801. The molecule has 1 aliphatic heterocycles. The number of ether oxygens (including phenoxy) is 3. The van der Waals surface area contributed by atoms with Crippen molar-refractivity contribution >= 4 is 34.4 Å². The van der Waals surface area contributed by atoms with E-state index in [4.69, 9.17) is 37.4 Å². The topological polar surface area (TPSA) is 40.0 Å². The Kier molecular flexibility index (Phi) is 6.13. The fraction of sp³-hybridized carbons (Fsp3) is 0.353. The van der Waals surface area contributed by atoms with Crippen LogP contribution in [0.3, 0.4) is 0 Å². The van der Waals surface area contributed by atoms with E-state index in [-0.39, 0.29) is 22.1 Å². The highest BCUT2D eigenvalue weighted by molar-refractivity contribution is 6.66. The minimum atomic E-state index is -4.65. The Hall–Kier alpha value is -1.86. The predicted molar refractivity (Wildman–Crippen MR) is 95.6 cm³/mol. The van der Waals surface area contributed by atoms with Crippen molar-refractivity contribution in [3.05, 3.63) is 34.0 Å². The summed E-state index contributed by atoms with van der Waals surface area (Å²) in [5.74, 6) is -1.26. The Labute approximate surface area is 158 Å². The smallest absolute Gasteiger partial charge is 0.402 e. The molecule has 9 heteroatoms. The van der Waals surface area contributed by atoms with E-state index >= 15 is 0 Å². The lowest BCUT2D eigenvalue weighted by Crippen LogP contribution is -2.31. The molecule has 0 spiro atoms. The van der Waals surface area contributed by atoms with Gasteiger partial charge in [-0.15, -0.1) is 0 Å². The van der Waals surface area contributed by atoms with E-state index in [2.05, 4.69) is 4.99 Å². The molecular weight excluding hydrogens is 394 g/mol. The van der Waals surface area contributed by atoms with Crippen molar-refractivity contribution in [2.24, 2.45) is 10.9 Å². The Morgan fingerprint density at radius 1 is 1.08 bits per heavy atom. The zero-order chi connectivity index (χ0) is 19.6. The molecule has 1 unspecified atom stereocenters. The molecule has 4 nitrogen and oxygen atoms in total. The van der Waals surface area contributed by atoms with Crippen molar-refractivity contribution in [2.75, 3.05) is 21.3 Å². The highest BCUT2D eigenvalue weighted by atomic mass is 35.5. The molecule has 1 atom stereocenters. The van der Waals surface area contributed by atoms with Gasteiger partial charge in [-0.2, -0.15) is 13.2 Å². The van der Waals surface area contributed by atoms with Crippen LogP contribution in [0.5, 0.6) is 17.2 Å². The Morgan fingerprint density at radius 3 is 2.19 bits per heavy atom. The van der Waals surface area contributed by atoms with Gasteiger partial charge in [0, 0.05) is 11.8 Å². The van der Waals surface area contributed by atoms with Gasteiger partial charge in [0.25, 0.3) is 0 Å². The molecule has 1 heterocycles. The second kappa shape index (κ2) is 7.80. The first-order valence-corrected chi connectivity index (χ1v) is 8.08. The number of benzene rings is 1. The summed E-state index contributed by atoms with van der Waals surface area (Å²) >= 11 is 11.7. The molecule has 142 valence electrons. The number of methoxy groups -OCH3 is 3. The fourth-order valence-electron chi connectivity index (χ4n) is 2.63. The van der Waals surface area contributed by atoms with Crippen LogP contribution in [-0.4, -0.2) is 32.7 Å². The van der Waals surface area contributed by atoms with E-state index in [0.717, 1.165) is 6.20 Å². The van der Waals surface area contributed by atoms with Gasteiger partial charge in [-0.1, -0.05) is 23.2 Å². The summed E-state index contributed by atoms with van der Waals surface area (Å²) in [5.41, 5.74) is 0.746. The molecule has 0 radical (unpaired) electrons. The second-order valence-electron chi connectivity index (χ2n) is 5.38. The maximum atomic E-state index is 13.5. The predicted octanol–water partition coefficient (Wildman–Crippen LogP) is 5.31. The summed E-state index contributed by atoms with van der Waals surface area (Å²) in [4.78, 5) is 3.53. The normalized spacial score (nSPS) is 19.1. The zero-order valence-corrected chi connectivity index (χ0v) is 15.9. The maximum Gasteiger partial charge on any atom is 0.402 e. The molecule has 0 aromatic heterocycles. The van der Waals surface area contributed by atoms with Gasteiger partial charge < -0.3 is 14.2 Å². The molecule has 0 bridgehead atoms. The molecule has 0 amide bonds. The third kappa shape index (κ3) is 3.78. The third-order valence-corrected chi connectivity index (χ3v) is 4.46. The van der Waals surface area contributed by atoms with Crippen LogP contribution in [0.25, 0.3) is 6.08 Å². The quantitative estimate of drug-likeness (QED) is 0.675. The van der Waals surface area contributed by atoms with E-state index in [1.807, 2.05) is 0 Å². The number of aryl methyl sites for hydroxylation is 1. The van der Waals surface area contributed by atoms with Gasteiger partial charge >= 0.3 is 6.18 Å². The van der Waals surface area contributed by atoms with Crippen LogP contribution in [0.1, 0.15) is 11.1 Å². The molecule has 0 saturated heterocycles. The molecule has 0 N–H and O–H groups in total. The molecule has 26 heavy (non-hydrogen) atoms. The number of rotatable bonds is 4. The summed E-state index contributed by atoms with van der Waals surface area (Å²) in [7, 11) is 4.24. The van der Waals surface area contributed by atoms with Crippen LogP contribution in [0.4, 0.5) is 13.2 Å². The number of halogens is 5. The molecule has 0 saturated carbocycles. The van der Waals surface area contributed by atoms with Gasteiger partial charge in [0.05, 0.1) is 26.4 Å². The first-order chi connectivity index (χ1) is 12.1. The number of alkyl halides is 3. The van der Waals surface area contributed by atoms with Crippen LogP contribution in [0, 0.1) is 12.8 Å². The third-order valence-electron chi connectivity index (χ3n) is 3.83. The van der Waals surface area contributed by atoms with Gasteiger partial charge in [0.15, 0.2) is 11.5 Å². The summed E-state index contributed by atoms with van der Waals surface area (Å²) in [6.07, 6.45) is -2.29. The zero-order valence-electron chi connectivity index (χ0n) is 14.4. The Balaban J connectivity index is 2.75. The number of hydrogen-bond acceptors (Lipinski definition) is 4. The standard InChI is InChI=1S/C17H16Cl2F3NO3/c1-8-5-12(24-2)15(26-4)14(25-3)9(8)6-10-11(18)7-23-16(19)13(10)17(20,21)22/h5-7,13H,1-4H3. The van der Waals surface area contributed by atoms with Crippen molar-refractivity contribution < 1.29 is 27.4 Å². The summed E-state index contributed by atoms with van der Waals surface area (Å²) in [6, 6.07) is 1.63. The van der Waals surface area contributed by atoms with Crippen LogP contribution in [-0.2, 0) is 0 Å². The van der Waals surface area contributed by atoms with Crippen molar-refractivity contribution in [1.29, 1.82) is 0 Å². The molecular formula is C17H16Cl2F3NO3. The molecule has 1 aromatic carbocycles. The van der Waals surface area contributed by atoms with Crippen molar-refractivity contribution in [2.45, 2.75) is 13.1 Å². The Morgan fingerprint density at radius 2 is 1.69 bits per heavy atom. The number of nitrogens with zero attached hydrogens (tertiary/aromatic N) is 1. The van der Waals surface area contributed by atoms with Crippen molar-refractivity contribution in [3.8, 4) is 17.2 Å².